The van der Waals surface area contributed by atoms with Crippen molar-refractivity contribution in [2.75, 3.05) is 20.2 Å². The maximum absolute atomic E-state index is 12.3. The minimum Gasteiger partial charge on any atom is -0.618 e. The van der Waals surface area contributed by atoms with E-state index in [0.717, 1.165) is 0 Å². The highest BCUT2D eigenvalue weighted by Gasteiger charge is 2.26. The number of hydrogen-bond donors (Lipinski definition) is 0. The Morgan fingerprint density at radius 3 is 2.77 bits per heavy atom. The van der Waals surface area contributed by atoms with Gasteiger partial charge in [-0.15, -0.1) is 0 Å². The van der Waals surface area contributed by atoms with Crippen LogP contribution < -0.4 is 14.2 Å². The highest BCUT2D eigenvalue weighted by Crippen LogP contribution is 2.30. The van der Waals surface area contributed by atoms with Gasteiger partial charge in [0.15, 0.2) is 23.8 Å². The predicted octanol–water partition coefficient (Wildman–Crippen LogP) is 1.23. The maximum Gasteiger partial charge on any atom is 0.319 e. The van der Waals surface area contributed by atoms with Crippen LogP contribution in [0.15, 0.2) is 48.7 Å². The second-order valence-corrected chi connectivity index (χ2v) is 5.09. The maximum atomic E-state index is 12.3. The molecule has 0 aliphatic carbocycles. The summed E-state index contributed by atoms with van der Waals surface area (Å²) in [5.41, 5.74) is 0.0853. The fourth-order valence-corrected chi connectivity index (χ4v) is 2.33. The average molecular weight is 300 g/mol. The van der Waals surface area contributed by atoms with E-state index in [2.05, 4.69) is 0 Å². The summed E-state index contributed by atoms with van der Waals surface area (Å²) in [5, 5.41) is 11.6. The third-order valence-corrected chi connectivity index (χ3v) is 3.43. The Balaban J connectivity index is 1.67. The molecule has 0 saturated heterocycles. The summed E-state index contributed by atoms with van der Waals surface area (Å²) in [6.07, 6.45) is 1.03. The van der Waals surface area contributed by atoms with Gasteiger partial charge in [-0.25, -0.2) is 0 Å². The highest BCUT2D eigenvalue weighted by molar-refractivity contribution is 5.90. The van der Waals surface area contributed by atoms with Gasteiger partial charge in [-0.1, -0.05) is 12.1 Å². The molecule has 2 heterocycles. The molecule has 0 N–H and O–H groups in total. The minimum atomic E-state index is -0.349. The summed E-state index contributed by atoms with van der Waals surface area (Å²) in [4.78, 5) is 13.8. The van der Waals surface area contributed by atoms with E-state index in [1.54, 1.807) is 19.2 Å². The van der Waals surface area contributed by atoms with Crippen molar-refractivity contribution >= 4 is 5.91 Å². The van der Waals surface area contributed by atoms with Gasteiger partial charge in [0.2, 0.25) is 0 Å². The molecule has 1 aliphatic heterocycles. The first-order chi connectivity index (χ1) is 10.6. The first-order valence-corrected chi connectivity index (χ1v) is 6.97. The van der Waals surface area contributed by atoms with Crippen LogP contribution in [0.3, 0.4) is 0 Å². The van der Waals surface area contributed by atoms with E-state index in [9.17, 15) is 10.0 Å². The number of aromatic nitrogens is 1. The van der Waals surface area contributed by atoms with Crippen LogP contribution in [0, 0.1) is 5.21 Å². The number of ether oxygens (including phenoxy) is 2. The van der Waals surface area contributed by atoms with Gasteiger partial charge in [0.25, 0.3) is 5.69 Å². The van der Waals surface area contributed by atoms with E-state index in [1.165, 1.54) is 17.2 Å². The summed E-state index contributed by atoms with van der Waals surface area (Å²) >= 11 is 0. The molecular formula is C16H16N2O4. The van der Waals surface area contributed by atoms with Gasteiger partial charge in [-0.2, -0.15) is 4.73 Å². The first-order valence-electron chi connectivity index (χ1n) is 6.97. The monoisotopic (exact) mass is 300 g/mol. The smallest absolute Gasteiger partial charge is 0.319 e. The van der Waals surface area contributed by atoms with Crippen molar-refractivity contribution in [1.29, 1.82) is 0 Å². The molecule has 0 bridgehead atoms. The molecule has 6 nitrogen and oxygen atoms in total. The molecule has 3 rings (SSSR count). The minimum absolute atomic E-state index is 0.0853. The van der Waals surface area contributed by atoms with E-state index in [-0.39, 0.29) is 17.7 Å². The number of carbonyl (C=O) groups is 1. The average Bonchev–Trinajstić information content (AvgIpc) is 2.54. The van der Waals surface area contributed by atoms with Crippen molar-refractivity contribution in [1.82, 2.24) is 4.90 Å². The van der Waals surface area contributed by atoms with E-state index in [4.69, 9.17) is 9.47 Å². The fraction of sp³-hybridized carbons (Fsp3) is 0.250. The Labute approximate surface area is 128 Å². The molecular weight excluding hydrogens is 284 g/mol. The molecule has 0 radical (unpaired) electrons. The lowest BCUT2D eigenvalue weighted by Crippen LogP contribution is -2.45. The summed E-state index contributed by atoms with van der Waals surface area (Å²) < 4.78 is 12.0. The van der Waals surface area contributed by atoms with Gasteiger partial charge < -0.3 is 19.6 Å². The van der Waals surface area contributed by atoms with Crippen molar-refractivity contribution in [3.05, 3.63) is 59.6 Å². The van der Waals surface area contributed by atoms with Crippen LogP contribution in [0.2, 0.25) is 0 Å². The first kappa shape index (κ1) is 14.2. The molecule has 1 aliphatic rings. The number of likely N-dealkylation sites (N-methyl/N-ethyl adjacent to an activating group) is 1. The molecule has 0 unspecified atom stereocenters. The van der Waals surface area contributed by atoms with Crippen LogP contribution in [-0.2, 0) is 0 Å². The lowest BCUT2D eigenvalue weighted by molar-refractivity contribution is -0.608. The molecule has 6 heteroatoms. The standard InChI is InChI=1S/C16H16N2O4/c1-17(16(19)13-6-4-5-9-18(13)20)10-12-11-21-14-7-2-3-8-15(14)22-12/h2-9,12H,10-11H2,1H3/t12-/m0/s1. The quantitative estimate of drug-likeness (QED) is 0.632. The zero-order valence-electron chi connectivity index (χ0n) is 12.1. The van der Waals surface area contributed by atoms with Crippen LogP contribution >= 0.6 is 0 Å². The fourth-order valence-electron chi connectivity index (χ4n) is 2.33. The van der Waals surface area contributed by atoms with Crippen LogP contribution in [0.25, 0.3) is 0 Å². The number of para-hydroxylation sites is 2. The molecule has 0 saturated carbocycles. The lowest BCUT2D eigenvalue weighted by atomic mass is 10.2. The van der Waals surface area contributed by atoms with E-state index < -0.39 is 0 Å². The molecule has 1 atom stereocenters. The number of fused-ring (bicyclic) bond motifs is 1. The molecule has 22 heavy (non-hydrogen) atoms. The van der Waals surface area contributed by atoms with Crippen LogP contribution in [0.4, 0.5) is 0 Å². The van der Waals surface area contributed by atoms with Gasteiger partial charge in [-0.3, -0.25) is 4.79 Å². The number of hydrogen-bond acceptors (Lipinski definition) is 4. The Hall–Kier alpha value is -2.76. The molecule has 114 valence electrons. The Kier molecular flexibility index (Phi) is 3.82. The van der Waals surface area contributed by atoms with Gasteiger partial charge in [0.05, 0.1) is 6.54 Å². The van der Waals surface area contributed by atoms with Crippen molar-refractivity contribution in [2.24, 2.45) is 0 Å². The second kappa shape index (κ2) is 5.93. The van der Waals surface area contributed by atoms with E-state index >= 15 is 0 Å². The normalized spacial score (nSPS) is 16.1. The largest absolute Gasteiger partial charge is 0.618 e. The van der Waals surface area contributed by atoms with Gasteiger partial charge in [0.1, 0.15) is 6.61 Å². The summed E-state index contributed by atoms with van der Waals surface area (Å²) in [6.45, 7) is 0.697. The SMILES string of the molecule is CN(C[C@H]1COc2ccccc2O1)C(=O)c1cccc[n+]1[O-]. The van der Waals surface area contributed by atoms with Crippen molar-refractivity contribution in [3.8, 4) is 11.5 Å². The summed E-state index contributed by atoms with van der Waals surface area (Å²) in [5.74, 6) is 1.02. The molecule has 1 aromatic heterocycles. The number of amides is 1. The van der Waals surface area contributed by atoms with Gasteiger partial charge >= 0.3 is 5.91 Å². The third-order valence-electron chi connectivity index (χ3n) is 3.43. The Bertz CT molecular complexity index is 689. The van der Waals surface area contributed by atoms with Crippen LogP contribution in [-0.4, -0.2) is 37.1 Å². The molecule has 0 fully saturated rings. The third kappa shape index (κ3) is 2.81. The predicted molar refractivity (Wildman–Crippen MR) is 78.7 cm³/mol. The number of nitrogens with zero attached hydrogens (tertiary/aromatic N) is 2. The number of rotatable bonds is 3. The van der Waals surface area contributed by atoms with Crippen LogP contribution in [0.5, 0.6) is 11.5 Å². The lowest BCUT2D eigenvalue weighted by Gasteiger charge is -2.29. The second-order valence-electron chi connectivity index (χ2n) is 5.09. The van der Waals surface area contributed by atoms with Crippen LogP contribution in [0.1, 0.15) is 10.5 Å². The highest BCUT2D eigenvalue weighted by atomic mass is 16.6. The van der Waals surface area contributed by atoms with Gasteiger partial charge in [0, 0.05) is 19.2 Å². The van der Waals surface area contributed by atoms with Crippen molar-refractivity contribution in [3.63, 3.8) is 0 Å². The Morgan fingerprint density at radius 2 is 2.00 bits per heavy atom. The molecule has 2 aromatic rings. The topological polar surface area (TPSA) is 65.7 Å². The number of carbonyl (C=O) groups excluding carboxylic acids is 1. The number of pyridine rings is 1. The molecule has 1 aromatic carbocycles. The van der Waals surface area contributed by atoms with E-state index in [0.29, 0.717) is 29.4 Å². The zero-order valence-corrected chi connectivity index (χ0v) is 12.1. The summed E-state index contributed by atoms with van der Waals surface area (Å²) in [6, 6.07) is 12.1. The van der Waals surface area contributed by atoms with Crippen molar-refractivity contribution < 1.29 is 19.0 Å². The zero-order chi connectivity index (χ0) is 15.5. The molecule has 1 amide bonds. The van der Waals surface area contributed by atoms with Crippen molar-refractivity contribution in [2.45, 2.75) is 6.10 Å². The number of benzene rings is 1. The van der Waals surface area contributed by atoms with Gasteiger partial charge in [-0.05, 0) is 18.2 Å². The molecule has 0 spiro atoms. The summed E-state index contributed by atoms with van der Waals surface area (Å²) in [7, 11) is 1.64. The Morgan fingerprint density at radius 1 is 1.27 bits per heavy atom. The van der Waals surface area contributed by atoms with E-state index in [1.807, 2.05) is 24.3 Å².